The van der Waals surface area contributed by atoms with Crippen molar-refractivity contribution >= 4 is 10.0 Å². The molecule has 6 nitrogen and oxygen atoms in total. The van der Waals surface area contributed by atoms with E-state index in [0.717, 1.165) is 29.8 Å². The fourth-order valence-corrected chi connectivity index (χ4v) is 4.58. The van der Waals surface area contributed by atoms with Crippen molar-refractivity contribution in [2.24, 2.45) is 0 Å². The molecule has 0 spiro atoms. The van der Waals surface area contributed by atoms with Crippen LogP contribution in [0.5, 0.6) is 5.75 Å². The molecular weight excluding hydrogens is 399 g/mol. The fraction of sp³-hybridized carbons (Fsp3) is 0.333. The Kier molecular flexibility index (Phi) is 5.67. The largest absolute Gasteiger partial charge is 0.573 e. The number of aliphatic hydroxyl groups excluding tert-OH is 2. The Balaban J connectivity index is 1.82. The van der Waals surface area contributed by atoms with E-state index in [0.29, 0.717) is 0 Å². The normalized spacial score (nSPS) is 25.6. The Bertz CT molecular complexity index is 903. The molecule has 1 aliphatic rings. The number of aliphatic hydroxyl groups is 2. The van der Waals surface area contributed by atoms with Gasteiger partial charge < -0.3 is 14.9 Å². The zero-order valence-corrected chi connectivity index (χ0v) is 15.2. The molecule has 3 rings (SSSR count). The van der Waals surface area contributed by atoms with Gasteiger partial charge in [-0.2, -0.15) is 0 Å². The summed E-state index contributed by atoms with van der Waals surface area (Å²) in [7, 11) is -4.16. The average molecular weight is 417 g/mol. The minimum absolute atomic E-state index is 0.163. The van der Waals surface area contributed by atoms with Crippen LogP contribution >= 0.6 is 0 Å². The van der Waals surface area contributed by atoms with Crippen molar-refractivity contribution < 1.29 is 36.5 Å². The van der Waals surface area contributed by atoms with Crippen LogP contribution in [0.2, 0.25) is 0 Å². The fourth-order valence-electron chi connectivity index (χ4n) is 3.29. The van der Waals surface area contributed by atoms with E-state index in [2.05, 4.69) is 9.46 Å². The number of hydrogen-bond donors (Lipinski definition) is 3. The summed E-state index contributed by atoms with van der Waals surface area (Å²) < 4.78 is 68.1. The molecule has 4 atom stereocenters. The van der Waals surface area contributed by atoms with Gasteiger partial charge in [0.15, 0.2) is 0 Å². The number of halogens is 3. The number of hydrogen-bond acceptors (Lipinski definition) is 5. The summed E-state index contributed by atoms with van der Waals surface area (Å²) in [4.78, 5) is -0.289. The van der Waals surface area contributed by atoms with Gasteiger partial charge in [0.05, 0.1) is 23.1 Å². The molecule has 4 unspecified atom stereocenters. The average Bonchev–Trinajstić information content (AvgIpc) is 2.89. The Morgan fingerprint density at radius 2 is 1.61 bits per heavy atom. The van der Waals surface area contributed by atoms with Gasteiger partial charge in [-0.25, -0.2) is 13.1 Å². The van der Waals surface area contributed by atoms with Crippen molar-refractivity contribution in [1.29, 1.82) is 0 Å². The molecule has 0 heterocycles. The number of sulfonamides is 1. The summed E-state index contributed by atoms with van der Waals surface area (Å²) in [5, 5.41) is 20.3. The molecule has 10 heteroatoms. The van der Waals surface area contributed by atoms with Gasteiger partial charge in [0.1, 0.15) is 5.75 Å². The Morgan fingerprint density at radius 3 is 2.18 bits per heavy atom. The highest BCUT2D eigenvalue weighted by atomic mass is 32.2. The first-order chi connectivity index (χ1) is 13.1. The van der Waals surface area contributed by atoms with E-state index in [9.17, 15) is 31.8 Å². The highest BCUT2D eigenvalue weighted by Gasteiger charge is 2.44. The van der Waals surface area contributed by atoms with Gasteiger partial charge in [-0.1, -0.05) is 30.3 Å². The van der Waals surface area contributed by atoms with E-state index < -0.39 is 46.3 Å². The van der Waals surface area contributed by atoms with Gasteiger partial charge in [-0.15, -0.1) is 13.2 Å². The lowest BCUT2D eigenvalue weighted by molar-refractivity contribution is -0.274. The molecule has 0 bridgehead atoms. The summed E-state index contributed by atoms with van der Waals surface area (Å²) in [6.45, 7) is 0. The second kappa shape index (κ2) is 7.70. The molecular formula is C18H18F3NO5S. The standard InChI is InChI=1S/C18H18F3NO5S/c19-18(20,21)27-12-6-8-13(9-7-12)28(25,26)22-16-14(10-15(23)17(16)24)11-4-2-1-3-5-11/h1-9,14-17,22-24H,10H2. The SMILES string of the molecule is O=S(=O)(NC1C(c2ccccc2)CC(O)C1O)c1ccc(OC(F)(F)F)cc1. The van der Waals surface area contributed by atoms with E-state index in [1.165, 1.54) is 0 Å². The van der Waals surface area contributed by atoms with Crippen molar-refractivity contribution in [3.63, 3.8) is 0 Å². The first kappa shape index (κ1) is 20.6. The van der Waals surface area contributed by atoms with Crippen molar-refractivity contribution in [3.8, 4) is 5.75 Å². The van der Waals surface area contributed by atoms with Crippen LogP contribution in [0.25, 0.3) is 0 Å². The topological polar surface area (TPSA) is 95.9 Å². The molecule has 28 heavy (non-hydrogen) atoms. The molecule has 0 amide bonds. The highest BCUT2D eigenvalue weighted by molar-refractivity contribution is 7.89. The van der Waals surface area contributed by atoms with E-state index in [1.54, 1.807) is 30.3 Å². The maximum atomic E-state index is 12.6. The van der Waals surface area contributed by atoms with Crippen LogP contribution in [-0.4, -0.2) is 43.2 Å². The zero-order valence-electron chi connectivity index (χ0n) is 14.4. The number of alkyl halides is 3. The Labute approximate surface area is 159 Å². The van der Waals surface area contributed by atoms with Crippen LogP contribution in [0.15, 0.2) is 59.5 Å². The summed E-state index contributed by atoms with van der Waals surface area (Å²) >= 11 is 0. The van der Waals surface area contributed by atoms with Gasteiger partial charge in [0.25, 0.3) is 0 Å². The Morgan fingerprint density at radius 1 is 1.00 bits per heavy atom. The smallest absolute Gasteiger partial charge is 0.406 e. The van der Waals surface area contributed by atoms with E-state index >= 15 is 0 Å². The molecule has 2 aromatic carbocycles. The zero-order chi connectivity index (χ0) is 20.5. The number of ether oxygens (including phenoxy) is 1. The van der Waals surface area contributed by atoms with Gasteiger partial charge in [-0.05, 0) is 36.2 Å². The van der Waals surface area contributed by atoms with Gasteiger partial charge in [0.2, 0.25) is 10.0 Å². The van der Waals surface area contributed by atoms with Gasteiger partial charge in [-0.3, -0.25) is 0 Å². The van der Waals surface area contributed by atoms with E-state index in [-0.39, 0.29) is 11.3 Å². The third-order valence-corrected chi connectivity index (χ3v) is 6.05. The maximum absolute atomic E-state index is 12.6. The number of nitrogens with one attached hydrogen (secondary N) is 1. The summed E-state index contributed by atoms with van der Waals surface area (Å²) in [6, 6.07) is 11.6. The summed E-state index contributed by atoms with van der Waals surface area (Å²) in [5.74, 6) is -1.02. The first-order valence-electron chi connectivity index (χ1n) is 8.36. The van der Waals surface area contributed by atoms with Gasteiger partial charge in [0, 0.05) is 5.92 Å². The van der Waals surface area contributed by atoms with Crippen LogP contribution in [0.3, 0.4) is 0 Å². The van der Waals surface area contributed by atoms with Crippen molar-refractivity contribution in [2.45, 2.75) is 41.8 Å². The van der Waals surface area contributed by atoms with Crippen LogP contribution in [0.4, 0.5) is 13.2 Å². The van der Waals surface area contributed by atoms with E-state index in [1.807, 2.05) is 0 Å². The lowest BCUT2D eigenvalue weighted by atomic mass is 9.94. The molecule has 1 aliphatic carbocycles. The summed E-state index contributed by atoms with van der Waals surface area (Å²) in [5.41, 5.74) is 0.750. The molecule has 0 saturated heterocycles. The molecule has 0 aromatic heterocycles. The van der Waals surface area contributed by atoms with Crippen LogP contribution in [0.1, 0.15) is 17.9 Å². The second-order valence-corrected chi connectivity index (χ2v) is 8.19. The highest BCUT2D eigenvalue weighted by Crippen LogP contribution is 2.36. The first-order valence-corrected chi connectivity index (χ1v) is 9.84. The number of benzene rings is 2. The van der Waals surface area contributed by atoms with Crippen LogP contribution in [0, 0.1) is 0 Å². The third kappa shape index (κ3) is 4.64. The minimum atomic E-state index is -4.88. The van der Waals surface area contributed by atoms with Crippen molar-refractivity contribution in [2.75, 3.05) is 0 Å². The lowest BCUT2D eigenvalue weighted by Crippen LogP contribution is -2.45. The predicted octanol–water partition coefficient (Wildman–Crippen LogP) is 2.14. The molecule has 3 N–H and O–H groups in total. The van der Waals surface area contributed by atoms with Crippen molar-refractivity contribution in [3.05, 3.63) is 60.2 Å². The molecule has 1 saturated carbocycles. The number of rotatable bonds is 5. The molecule has 2 aromatic rings. The predicted molar refractivity (Wildman–Crippen MR) is 93.0 cm³/mol. The monoisotopic (exact) mass is 417 g/mol. The second-order valence-electron chi connectivity index (χ2n) is 6.48. The molecule has 1 fully saturated rings. The lowest BCUT2D eigenvalue weighted by Gasteiger charge is -2.23. The maximum Gasteiger partial charge on any atom is 0.573 e. The van der Waals surface area contributed by atoms with Crippen LogP contribution < -0.4 is 9.46 Å². The quantitative estimate of drug-likeness (QED) is 0.693. The third-order valence-electron chi connectivity index (χ3n) is 4.58. The molecule has 0 radical (unpaired) electrons. The molecule has 152 valence electrons. The summed E-state index contributed by atoms with van der Waals surface area (Å²) in [6.07, 6.45) is -7.16. The van der Waals surface area contributed by atoms with E-state index in [4.69, 9.17) is 0 Å². The van der Waals surface area contributed by atoms with Crippen LogP contribution in [-0.2, 0) is 10.0 Å². The Hall–Kier alpha value is -2.14. The van der Waals surface area contributed by atoms with Crippen molar-refractivity contribution in [1.82, 2.24) is 4.72 Å². The molecule has 0 aliphatic heterocycles. The minimum Gasteiger partial charge on any atom is -0.406 e. The van der Waals surface area contributed by atoms with Gasteiger partial charge >= 0.3 is 6.36 Å².